The average Bonchev–Trinajstić information content (AvgIpc) is 2.19. The van der Waals surface area contributed by atoms with Crippen molar-refractivity contribution in [1.29, 1.82) is 0 Å². The zero-order chi connectivity index (χ0) is 10.5. The maximum absolute atomic E-state index is 5.71. The highest BCUT2D eigenvalue weighted by Gasteiger charge is 2.17. The van der Waals surface area contributed by atoms with Crippen molar-refractivity contribution in [2.75, 3.05) is 13.2 Å². The molecule has 2 nitrogen and oxygen atoms in total. The van der Waals surface area contributed by atoms with E-state index in [1.807, 2.05) is 12.1 Å². The van der Waals surface area contributed by atoms with Crippen LogP contribution in [0.25, 0.3) is 0 Å². The zero-order valence-electron chi connectivity index (χ0n) is 9.11. The summed E-state index contributed by atoms with van der Waals surface area (Å²) >= 11 is 0. The highest BCUT2D eigenvalue weighted by molar-refractivity contribution is 5.27. The first-order valence-corrected chi connectivity index (χ1v) is 5.80. The summed E-state index contributed by atoms with van der Waals surface area (Å²) < 4.78 is 5.71. The van der Waals surface area contributed by atoms with E-state index < -0.39 is 0 Å². The van der Waals surface area contributed by atoms with Crippen molar-refractivity contribution in [3.05, 3.63) is 29.8 Å². The van der Waals surface area contributed by atoms with Crippen molar-refractivity contribution in [2.24, 2.45) is 11.7 Å². The summed E-state index contributed by atoms with van der Waals surface area (Å²) in [5, 5.41) is 0. The Morgan fingerprint density at radius 3 is 2.47 bits per heavy atom. The largest absolute Gasteiger partial charge is 0.493 e. The molecule has 0 aliphatic heterocycles. The molecule has 0 amide bonds. The van der Waals surface area contributed by atoms with Gasteiger partial charge in [0.05, 0.1) is 6.61 Å². The van der Waals surface area contributed by atoms with Gasteiger partial charge < -0.3 is 10.5 Å². The lowest BCUT2D eigenvalue weighted by Gasteiger charge is -2.25. The molecular formula is C13H19NO. The van der Waals surface area contributed by atoms with Crippen molar-refractivity contribution in [2.45, 2.75) is 25.7 Å². The Morgan fingerprint density at radius 1 is 1.20 bits per heavy atom. The van der Waals surface area contributed by atoms with Gasteiger partial charge in [-0.05, 0) is 49.4 Å². The number of benzene rings is 1. The standard InChI is InChI=1S/C13H19NO/c14-9-8-11-4-6-13(7-5-11)15-10-12-2-1-3-12/h4-7,12H,1-3,8-10,14H2. The Labute approximate surface area is 91.4 Å². The van der Waals surface area contributed by atoms with E-state index in [0.29, 0.717) is 6.54 Å². The van der Waals surface area contributed by atoms with E-state index >= 15 is 0 Å². The predicted octanol–water partition coefficient (Wildman–Crippen LogP) is 2.37. The number of nitrogens with two attached hydrogens (primary N) is 1. The van der Waals surface area contributed by atoms with Gasteiger partial charge in [0.2, 0.25) is 0 Å². The van der Waals surface area contributed by atoms with Crippen LogP contribution in [0.2, 0.25) is 0 Å². The van der Waals surface area contributed by atoms with E-state index in [1.54, 1.807) is 0 Å². The van der Waals surface area contributed by atoms with Gasteiger partial charge in [-0.3, -0.25) is 0 Å². The lowest BCUT2D eigenvalue weighted by Crippen LogP contribution is -2.19. The fourth-order valence-corrected chi connectivity index (χ4v) is 1.79. The molecule has 0 atom stereocenters. The van der Waals surface area contributed by atoms with Crippen LogP contribution >= 0.6 is 0 Å². The molecule has 1 aromatic rings. The van der Waals surface area contributed by atoms with Crippen LogP contribution < -0.4 is 10.5 Å². The molecule has 0 unspecified atom stereocenters. The Hall–Kier alpha value is -1.02. The van der Waals surface area contributed by atoms with Crippen LogP contribution in [0.15, 0.2) is 24.3 Å². The van der Waals surface area contributed by atoms with Crippen molar-refractivity contribution in [3.8, 4) is 5.75 Å². The number of hydrogen-bond acceptors (Lipinski definition) is 2. The van der Waals surface area contributed by atoms with Crippen LogP contribution in [0.5, 0.6) is 5.75 Å². The van der Waals surface area contributed by atoms with Gasteiger partial charge in [0.1, 0.15) is 5.75 Å². The van der Waals surface area contributed by atoms with Crippen LogP contribution in [-0.4, -0.2) is 13.2 Å². The smallest absolute Gasteiger partial charge is 0.119 e. The van der Waals surface area contributed by atoms with Crippen molar-refractivity contribution < 1.29 is 4.74 Å². The van der Waals surface area contributed by atoms with Gasteiger partial charge in [-0.1, -0.05) is 18.6 Å². The van der Waals surface area contributed by atoms with Gasteiger partial charge in [0.15, 0.2) is 0 Å². The number of ether oxygens (including phenoxy) is 1. The number of rotatable bonds is 5. The lowest BCUT2D eigenvalue weighted by molar-refractivity contribution is 0.180. The van der Waals surface area contributed by atoms with Gasteiger partial charge in [0.25, 0.3) is 0 Å². The Kier molecular flexibility index (Phi) is 3.62. The van der Waals surface area contributed by atoms with E-state index in [-0.39, 0.29) is 0 Å². The zero-order valence-corrected chi connectivity index (χ0v) is 9.11. The molecule has 1 saturated carbocycles. The third-order valence-electron chi connectivity index (χ3n) is 3.07. The fraction of sp³-hybridized carbons (Fsp3) is 0.538. The summed E-state index contributed by atoms with van der Waals surface area (Å²) in [4.78, 5) is 0. The fourth-order valence-electron chi connectivity index (χ4n) is 1.79. The van der Waals surface area contributed by atoms with Crippen molar-refractivity contribution in [3.63, 3.8) is 0 Å². The first kappa shape index (κ1) is 10.5. The Balaban J connectivity index is 1.80. The Bertz CT molecular complexity index is 290. The minimum absolute atomic E-state index is 0.711. The maximum atomic E-state index is 5.71. The van der Waals surface area contributed by atoms with E-state index in [9.17, 15) is 0 Å². The minimum atomic E-state index is 0.711. The molecular weight excluding hydrogens is 186 g/mol. The van der Waals surface area contributed by atoms with Gasteiger partial charge in [-0.25, -0.2) is 0 Å². The van der Waals surface area contributed by atoms with Crippen LogP contribution in [0.3, 0.4) is 0 Å². The summed E-state index contributed by atoms with van der Waals surface area (Å²) in [7, 11) is 0. The molecule has 1 aliphatic carbocycles. The average molecular weight is 205 g/mol. The molecule has 2 N–H and O–H groups in total. The second-order valence-electron chi connectivity index (χ2n) is 4.29. The predicted molar refractivity (Wildman–Crippen MR) is 62.0 cm³/mol. The van der Waals surface area contributed by atoms with Crippen LogP contribution in [0.4, 0.5) is 0 Å². The van der Waals surface area contributed by atoms with E-state index in [2.05, 4.69) is 12.1 Å². The quantitative estimate of drug-likeness (QED) is 0.801. The van der Waals surface area contributed by atoms with Crippen molar-refractivity contribution >= 4 is 0 Å². The third kappa shape index (κ3) is 2.96. The summed E-state index contributed by atoms with van der Waals surface area (Å²) in [5.74, 6) is 1.79. The lowest BCUT2D eigenvalue weighted by atomic mass is 9.86. The van der Waals surface area contributed by atoms with Crippen LogP contribution in [0.1, 0.15) is 24.8 Å². The molecule has 1 aliphatic rings. The van der Waals surface area contributed by atoms with Gasteiger partial charge >= 0.3 is 0 Å². The third-order valence-corrected chi connectivity index (χ3v) is 3.07. The number of hydrogen-bond donors (Lipinski definition) is 1. The molecule has 2 heteroatoms. The molecule has 0 radical (unpaired) electrons. The van der Waals surface area contributed by atoms with E-state index in [4.69, 9.17) is 10.5 Å². The topological polar surface area (TPSA) is 35.2 Å². The molecule has 0 saturated heterocycles. The van der Waals surface area contributed by atoms with Crippen LogP contribution in [-0.2, 0) is 6.42 Å². The van der Waals surface area contributed by atoms with Crippen LogP contribution in [0, 0.1) is 5.92 Å². The summed E-state index contributed by atoms with van der Waals surface area (Å²) in [5.41, 5.74) is 6.78. The minimum Gasteiger partial charge on any atom is -0.493 e. The highest BCUT2D eigenvalue weighted by Crippen LogP contribution is 2.27. The Morgan fingerprint density at radius 2 is 1.93 bits per heavy atom. The first-order chi connectivity index (χ1) is 7.38. The first-order valence-electron chi connectivity index (χ1n) is 5.80. The SMILES string of the molecule is NCCc1ccc(OCC2CCC2)cc1. The molecule has 0 spiro atoms. The summed E-state index contributed by atoms with van der Waals surface area (Å²) in [6.07, 6.45) is 5.00. The molecule has 1 fully saturated rings. The molecule has 2 rings (SSSR count). The molecule has 15 heavy (non-hydrogen) atoms. The molecule has 82 valence electrons. The monoisotopic (exact) mass is 205 g/mol. The van der Waals surface area contributed by atoms with Gasteiger partial charge in [-0.2, -0.15) is 0 Å². The van der Waals surface area contributed by atoms with Gasteiger partial charge in [0, 0.05) is 0 Å². The van der Waals surface area contributed by atoms with E-state index in [1.165, 1.54) is 24.8 Å². The van der Waals surface area contributed by atoms with Gasteiger partial charge in [-0.15, -0.1) is 0 Å². The summed E-state index contributed by atoms with van der Waals surface area (Å²) in [6, 6.07) is 8.29. The van der Waals surface area contributed by atoms with Crippen molar-refractivity contribution in [1.82, 2.24) is 0 Å². The maximum Gasteiger partial charge on any atom is 0.119 e. The van der Waals surface area contributed by atoms with E-state index in [0.717, 1.165) is 24.7 Å². The summed E-state index contributed by atoms with van der Waals surface area (Å²) in [6.45, 7) is 1.60. The highest BCUT2D eigenvalue weighted by atomic mass is 16.5. The molecule has 0 aromatic heterocycles. The second kappa shape index (κ2) is 5.17. The molecule has 1 aromatic carbocycles. The normalized spacial score (nSPS) is 16.1. The molecule has 0 heterocycles. The molecule has 0 bridgehead atoms. The second-order valence-corrected chi connectivity index (χ2v) is 4.29.